The summed E-state index contributed by atoms with van der Waals surface area (Å²) in [4.78, 5) is 17.4. The van der Waals surface area contributed by atoms with E-state index in [0.29, 0.717) is 9.23 Å². The highest BCUT2D eigenvalue weighted by Gasteiger charge is 2.33. The molecule has 0 N–H and O–H groups in total. The lowest BCUT2D eigenvalue weighted by molar-refractivity contribution is -0.113. The number of halogens is 1. The summed E-state index contributed by atoms with van der Waals surface area (Å²) < 4.78 is 6.86. The van der Waals surface area contributed by atoms with Gasteiger partial charge in [0.15, 0.2) is 4.32 Å². The van der Waals surface area contributed by atoms with Gasteiger partial charge >= 0.3 is 0 Å². The van der Waals surface area contributed by atoms with Crippen molar-refractivity contribution < 1.29 is 9.53 Å². The summed E-state index contributed by atoms with van der Waals surface area (Å²) in [6, 6.07) is 15.9. The molecule has 0 aliphatic carbocycles. The highest BCUT2D eigenvalue weighted by atomic mass is 79.9. The van der Waals surface area contributed by atoms with Crippen LogP contribution in [0.5, 0.6) is 0 Å². The standard InChI is InChI=1S/C20H17BrN2O2S2/c21-15-2-1-3-17(13-15)23-19(24)18(27-20(23)26)12-14-4-6-16(7-5-14)22-8-10-25-11-9-22/h1-7,12-13H,8-11H2/b18-12+. The van der Waals surface area contributed by atoms with E-state index < -0.39 is 0 Å². The Morgan fingerprint density at radius 1 is 1.07 bits per heavy atom. The molecule has 4 rings (SSSR count). The molecule has 4 nitrogen and oxygen atoms in total. The van der Waals surface area contributed by atoms with Crippen molar-refractivity contribution in [3.63, 3.8) is 0 Å². The number of benzene rings is 2. The van der Waals surface area contributed by atoms with E-state index in [-0.39, 0.29) is 5.91 Å². The van der Waals surface area contributed by atoms with Gasteiger partial charge < -0.3 is 9.64 Å². The van der Waals surface area contributed by atoms with Crippen molar-refractivity contribution >= 4 is 67.6 Å². The lowest BCUT2D eigenvalue weighted by atomic mass is 10.1. The predicted molar refractivity (Wildman–Crippen MR) is 119 cm³/mol. The van der Waals surface area contributed by atoms with Gasteiger partial charge in [0.25, 0.3) is 5.91 Å². The van der Waals surface area contributed by atoms with Crippen LogP contribution in [0.1, 0.15) is 5.56 Å². The maximum absolute atomic E-state index is 12.9. The van der Waals surface area contributed by atoms with E-state index in [2.05, 4.69) is 33.0 Å². The van der Waals surface area contributed by atoms with E-state index in [1.54, 1.807) is 4.90 Å². The van der Waals surface area contributed by atoms with Crippen LogP contribution in [-0.4, -0.2) is 36.5 Å². The van der Waals surface area contributed by atoms with Crippen molar-refractivity contribution in [2.75, 3.05) is 36.1 Å². The number of anilines is 2. The van der Waals surface area contributed by atoms with E-state index >= 15 is 0 Å². The highest BCUT2D eigenvalue weighted by molar-refractivity contribution is 9.10. The summed E-state index contributed by atoms with van der Waals surface area (Å²) in [5, 5.41) is 0. The number of hydrogen-bond donors (Lipinski definition) is 0. The Morgan fingerprint density at radius 3 is 2.52 bits per heavy atom. The normalized spacial score (nSPS) is 19.2. The number of thioether (sulfide) groups is 1. The van der Waals surface area contributed by atoms with E-state index in [9.17, 15) is 4.79 Å². The molecule has 1 amide bonds. The molecule has 138 valence electrons. The largest absolute Gasteiger partial charge is 0.378 e. The van der Waals surface area contributed by atoms with Gasteiger partial charge in [-0.05, 0) is 42.0 Å². The van der Waals surface area contributed by atoms with Crippen molar-refractivity contribution in [2.24, 2.45) is 0 Å². The van der Waals surface area contributed by atoms with Gasteiger partial charge in [-0.15, -0.1) is 0 Å². The summed E-state index contributed by atoms with van der Waals surface area (Å²) in [7, 11) is 0. The smallest absolute Gasteiger partial charge is 0.270 e. The van der Waals surface area contributed by atoms with Crippen LogP contribution >= 0.6 is 39.9 Å². The summed E-state index contributed by atoms with van der Waals surface area (Å²) in [5.41, 5.74) is 2.94. The Hall–Kier alpha value is -1.67. The molecule has 0 atom stereocenters. The van der Waals surface area contributed by atoms with E-state index in [0.717, 1.165) is 42.0 Å². The molecule has 0 spiro atoms. The molecule has 2 aliphatic heterocycles. The minimum Gasteiger partial charge on any atom is -0.378 e. The van der Waals surface area contributed by atoms with Crippen LogP contribution < -0.4 is 9.80 Å². The molecule has 2 aliphatic rings. The number of nitrogens with zero attached hydrogens (tertiary/aromatic N) is 2. The maximum Gasteiger partial charge on any atom is 0.270 e. The zero-order valence-electron chi connectivity index (χ0n) is 14.4. The fraction of sp³-hybridized carbons (Fsp3) is 0.200. The Morgan fingerprint density at radius 2 is 1.81 bits per heavy atom. The van der Waals surface area contributed by atoms with Gasteiger partial charge in [0.05, 0.1) is 23.8 Å². The van der Waals surface area contributed by atoms with Gasteiger partial charge in [-0.25, -0.2) is 0 Å². The summed E-state index contributed by atoms with van der Waals surface area (Å²) in [6.45, 7) is 3.34. The third kappa shape index (κ3) is 4.11. The number of thiocarbonyl (C=S) groups is 1. The van der Waals surface area contributed by atoms with Crippen LogP contribution in [0, 0.1) is 0 Å². The van der Waals surface area contributed by atoms with Crippen LogP contribution in [0.3, 0.4) is 0 Å². The van der Waals surface area contributed by atoms with Crippen molar-refractivity contribution in [3.8, 4) is 0 Å². The van der Waals surface area contributed by atoms with Crippen molar-refractivity contribution in [1.82, 2.24) is 0 Å². The Bertz CT molecular complexity index is 908. The fourth-order valence-corrected chi connectivity index (χ4v) is 4.75. The minimum absolute atomic E-state index is 0.0830. The van der Waals surface area contributed by atoms with Crippen molar-refractivity contribution in [2.45, 2.75) is 0 Å². The second-order valence-corrected chi connectivity index (χ2v) is 8.78. The van der Waals surface area contributed by atoms with Gasteiger partial charge in [-0.3, -0.25) is 9.69 Å². The van der Waals surface area contributed by atoms with Gasteiger partial charge in [-0.2, -0.15) is 0 Å². The molecule has 2 aromatic carbocycles. The molecule has 0 saturated carbocycles. The van der Waals surface area contributed by atoms with Crippen LogP contribution in [0.15, 0.2) is 57.9 Å². The Labute approximate surface area is 176 Å². The third-order valence-corrected chi connectivity index (χ3v) is 6.22. The quantitative estimate of drug-likeness (QED) is 0.489. The monoisotopic (exact) mass is 460 g/mol. The van der Waals surface area contributed by atoms with Crippen LogP contribution in [-0.2, 0) is 9.53 Å². The number of carbonyl (C=O) groups excluding carboxylic acids is 1. The predicted octanol–water partition coefficient (Wildman–Crippen LogP) is 4.69. The first-order valence-corrected chi connectivity index (χ1v) is 10.6. The molecular weight excluding hydrogens is 444 g/mol. The fourth-order valence-electron chi connectivity index (χ4n) is 3.06. The average Bonchev–Trinajstić information content (AvgIpc) is 2.96. The molecular formula is C20H17BrN2O2S2. The Kier molecular flexibility index (Phi) is 5.63. The molecule has 2 saturated heterocycles. The number of morpholine rings is 1. The zero-order chi connectivity index (χ0) is 18.8. The summed E-state index contributed by atoms with van der Waals surface area (Å²) >= 11 is 10.2. The second kappa shape index (κ2) is 8.14. The lowest BCUT2D eigenvalue weighted by Gasteiger charge is -2.28. The minimum atomic E-state index is -0.0830. The Balaban J connectivity index is 1.54. The number of hydrogen-bond acceptors (Lipinski definition) is 5. The van der Waals surface area contributed by atoms with Gasteiger partial charge in [0.1, 0.15) is 0 Å². The molecule has 0 radical (unpaired) electrons. The topological polar surface area (TPSA) is 32.8 Å². The molecule has 7 heteroatoms. The van der Waals surface area contributed by atoms with Crippen LogP contribution in [0.2, 0.25) is 0 Å². The molecule has 2 heterocycles. The molecule has 0 bridgehead atoms. The second-order valence-electron chi connectivity index (χ2n) is 6.19. The van der Waals surface area contributed by atoms with E-state index in [4.69, 9.17) is 17.0 Å². The summed E-state index contributed by atoms with van der Waals surface area (Å²) in [6.07, 6.45) is 1.90. The van der Waals surface area contributed by atoms with E-state index in [1.807, 2.05) is 42.5 Å². The first-order valence-electron chi connectivity index (χ1n) is 8.58. The maximum atomic E-state index is 12.9. The van der Waals surface area contributed by atoms with Gasteiger partial charge in [-0.1, -0.05) is 58.1 Å². The molecule has 0 aromatic heterocycles. The first-order chi connectivity index (χ1) is 13.1. The van der Waals surface area contributed by atoms with Crippen LogP contribution in [0.25, 0.3) is 6.08 Å². The SMILES string of the molecule is O=C1/C(=C\c2ccc(N3CCOCC3)cc2)SC(=S)N1c1cccc(Br)c1. The number of ether oxygens (including phenoxy) is 1. The summed E-state index contributed by atoms with van der Waals surface area (Å²) in [5.74, 6) is -0.0830. The highest BCUT2D eigenvalue weighted by Crippen LogP contribution is 2.36. The first kappa shape index (κ1) is 18.7. The third-order valence-electron chi connectivity index (χ3n) is 4.43. The van der Waals surface area contributed by atoms with Crippen LogP contribution in [0.4, 0.5) is 11.4 Å². The zero-order valence-corrected chi connectivity index (χ0v) is 17.6. The molecule has 2 fully saturated rings. The average molecular weight is 461 g/mol. The van der Waals surface area contributed by atoms with Crippen molar-refractivity contribution in [3.05, 3.63) is 63.5 Å². The van der Waals surface area contributed by atoms with Gasteiger partial charge in [0, 0.05) is 23.2 Å². The van der Waals surface area contributed by atoms with E-state index in [1.165, 1.54) is 17.4 Å². The van der Waals surface area contributed by atoms with Crippen molar-refractivity contribution in [1.29, 1.82) is 0 Å². The number of carbonyl (C=O) groups is 1. The van der Waals surface area contributed by atoms with Gasteiger partial charge in [0.2, 0.25) is 0 Å². The molecule has 0 unspecified atom stereocenters. The number of rotatable bonds is 3. The lowest BCUT2D eigenvalue weighted by Crippen LogP contribution is -2.36. The molecule has 27 heavy (non-hydrogen) atoms. The molecule has 2 aromatic rings. The number of amides is 1.